The summed E-state index contributed by atoms with van der Waals surface area (Å²) < 4.78 is 19.5. The van der Waals surface area contributed by atoms with Crippen molar-refractivity contribution in [2.24, 2.45) is 5.92 Å². The van der Waals surface area contributed by atoms with Crippen LogP contribution in [0.2, 0.25) is 0 Å². The average molecular weight is 491 g/mol. The monoisotopic (exact) mass is 490 g/mol. The smallest absolute Gasteiger partial charge is 0.330 e. The molecule has 1 fully saturated rings. The molecule has 0 spiro atoms. The fourth-order valence-corrected chi connectivity index (χ4v) is 3.43. The number of hydrogen-bond acceptors (Lipinski definition) is 4. The molecule has 2 aromatic rings. The van der Waals surface area contributed by atoms with Crippen LogP contribution in [0.5, 0.6) is 0 Å². The summed E-state index contributed by atoms with van der Waals surface area (Å²) in [5.41, 5.74) is 0.732. The van der Waals surface area contributed by atoms with Gasteiger partial charge in [-0.25, -0.2) is 9.18 Å². The molecule has 0 radical (unpaired) electrons. The quantitative estimate of drug-likeness (QED) is 0.549. The molecule has 1 aliphatic carbocycles. The highest BCUT2D eigenvalue weighted by molar-refractivity contribution is 9.10. The van der Waals surface area contributed by atoms with Crippen molar-refractivity contribution in [2.75, 3.05) is 0 Å². The zero-order valence-corrected chi connectivity index (χ0v) is 18.8. The average Bonchev–Trinajstić information content (AvgIpc) is 3.54. The number of hydrogen-bond donors (Lipinski definition) is 2. The SMILES string of the molecule is CC(C)[C@H](NC(=O)c1ccccc1Br)C(=O)OC(C(=O)NC1CC1)c1ccc(F)cc1. The Bertz CT molecular complexity index is 960. The molecule has 6 nitrogen and oxygen atoms in total. The first-order valence-corrected chi connectivity index (χ1v) is 10.9. The van der Waals surface area contributed by atoms with Gasteiger partial charge in [-0.2, -0.15) is 0 Å². The second kappa shape index (κ2) is 10.0. The van der Waals surface area contributed by atoms with Gasteiger partial charge in [0.1, 0.15) is 11.9 Å². The Labute approximate surface area is 188 Å². The summed E-state index contributed by atoms with van der Waals surface area (Å²) in [6, 6.07) is 11.2. The van der Waals surface area contributed by atoms with Crippen LogP contribution in [0.15, 0.2) is 53.0 Å². The van der Waals surface area contributed by atoms with E-state index >= 15 is 0 Å². The van der Waals surface area contributed by atoms with Gasteiger partial charge in [0.05, 0.1) is 5.56 Å². The van der Waals surface area contributed by atoms with Crippen molar-refractivity contribution < 1.29 is 23.5 Å². The van der Waals surface area contributed by atoms with E-state index in [1.807, 2.05) is 0 Å². The van der Waals surface area contributed by atoms with Crippen molar-refractivity contribution in [3.05, 3.63) is 69.9 Å². The molecular formula is C23H24BrFN2O4. The number of benzene rings is 2. The summed E-state index contributed by atoms with van der Waals surface area (Å²) in [6.45, 7) is 3.53. The fourth-order valence-electron chi connectivity index (χ4n) is 2.97. The molecule has 3 rings (SSSR count). The van der Waals surface area contributed by atoms with Crippen LogP contribution in [-0.2, 0) is 14.3 Å². The summed E-state index contributed by atoms with van der Waals surface area (Å²) >= 11 is 3.32. The molecule has 2 aromatic carbocycles. The summed E-state index contributed by atoms with van der Waals surface area (Å²) in [5.74, 6) is -2.40. The van der Waals surface area contributed by atoms with Gasteiger partial charge in [-0.3, -0.25) is 9.59 Å². The predicted molar refractivity (Wildman–Crippen MR) is 117 cm³/mol. The highest BCUT2D eigenvalue weighted by atomic mass is 79.9. The van der Waals surface area contributed by atoms with Crippen LogP contribution < -0.4 is 10.6 Å². The Morgan fingerprint density at radius 3 is 2.29 bits per heavy atom. The van der Waals surface area contributed by atoms with Crippen LogP contribution in [0, 0.1) is 11.7 Å². The molecule has 164 valence electrons. The number of halogens is 2. The van der Waals surface area contributed by atoms with Crippen molar-refractivity contribution in [3.8, 4) is 0 Å². The maximum absolute atomic E-state index is 13.3. The third-order valence-electron chi connectivity index (χ3n) is 4.89. The van der Waals surface area contributed by atoms with Crippen LogP contribution in [0.4, 0.5) is 4.39 Å². The molecule has 0 saturated heterocycles. The van der Waals surface area contributed by atoms with E-state index in [1.54, 1.807) is 38.1 Å². The second-order valence-electron chi connectivity index (χ2n) is 7.83. The normalized spacial score (nSPS) is 15.1. The molecule has 0 aliphatic heterocycles. The molecule has 2 N–H and O–H groups in total. The first-order valence-electron chi connectivity index (χ1n) is 10.1. The molecule has 1 unspecified atom stereocenters. The van der Waals surface area contributed by atoms with Crippen molar-refractivity contribution in [1.29, 1.82) is 0 Å². The Balaban J connectivity index is 1.78. The zero-order valence-electron chi connectivity index (χ0n) is 17.2. The van der Waals surface area contributed by atoms with E-state index in [4.69, 9.17) is 4.74 Å². The van der Waals surface area contributed by atoms with Gasteiger partial charge >= 0.3 is 5.97 Å². The number of nitrogens with one attached hydrogen (secondary N) is 2. The van der Waals surface area contributed by atoms with E-state index in [0.29, 0.717) is 15.6 Å². The molecule has 2 amide bonds. The first kappa shape index (κ1) is 22.9. The van der Waals surface area contributed by atoms with E-state index in [2.05, 4.69) is 26.6 Å². The van der Waals surface area contributed by atoms with Gasteiger partial charge in [0.15, 0.2) is 0 Å². The fraction of sp³-hybridized carbons (Fsp3) is 0.348. The lowest BCUT2D eigenvalue weighted by atomic mass is 10.0. The van der Waals surface area contributed by atoms with Crippen molar-refractivity contribution in [1.82, 2.24) is 10.6 Å². The highest BCUT2D eigenvalue weighted by Gasteiger charge is 2.34. The minimum absolute atomic E-state index is 0.0604. The van der Waals surface area contributed by atoms with Crippen LogP contribution in [0.25, 0.3) is 0 Å². The van der Waals surface area contributed by atoms with Crippen LogP contribution in [0.3, 0.4) is 0 Å². The number of carbonyl (C=O) groups is 3. The molecule has 1 aliphatic rings. The van der Waals surface area contributed by atoms with Crippen LogP contribution in [0.1, 0.15) is 48.7 Å². The summed E-state index contributed by atoms with van der Waals surface area (Å²) in [6.07, 6.45) is 0.495. The Morgan fingerprint density at radius 1 is 1.06 bits per heavy atom. The lowest BCUT2D eigenvalue weighted by Gasteiger charge is -2.25. The zero-order chi connectivity index (χ0) is 22.5. The van der Waals surface area contributed by atoms with Crippen LogP contribution in [-0.4, -0.2) is 29.9 Å². The molecule has 0 bridgehead atoms. The van der Waals surface area contributed by atoms with Gasteiger partial charge in [-0.15, -0.1) is 0 Å². The summed E-state index contributed by atoms with van der Waals surface area (Å²) in [4.78, 5) is 38.4. The third kappa shape index (κ3) is 6.13. The largest absolute Gasteiger partial charge is 0.446 e. The van der Waals surface area contributed by atoms with Crippen molar-refractivity contribution in [3.63, 3.8) is 0 Å². The lowest BCUT2D eigenvalue weighted by molar-refractivity contribution is -0.159. The molecule has 8 heteroatoms. The maximum atomic E-state index is 13.3. The van der Waals surface area contributed by atoms with E-state index in [-0.39, 0.29) is 12.0 Å². The van der Waals surface area contributed by atoms with Gasteiger partial charge in [-0.05, 0) is 59.0 Å². The molecule has 1 saturated carbocycles. The highest BCUT2D eigenvalue weighted by Crippen LogP contribution is 2.25. The Hall–Kier alpha value is -2.74. The van der Waals surface area contributed by atoms with E-state index in [9.17, 15) is 18.8 Å². The standard InChI is InChI=1S/C23H24BrFN2O4/c1-13(2)19(27-21(28)17-5-3-4-6-18(17)24)23(30)31-20(22(29)26-16-11-12-16)14-7-9-15(25)10-8-14/h3-10,13,16,19-20H,11-12H2,1-2H3,(H,26,29)(H,27,28)/t19-,20?/m0/s1. The van der Waals surface area contributed by atoms with Gasteiger partial charge in [0, 0.05) is 16.1 Å². The molecule has 31 heavy (non-hydrogen) atoms. The number of amides is 2. The second-order valence-corrected chi connectivity index (χ2v) is 8.68. The topological polar surface area (TPSA) is 84.5 Å². The van der Waals surface area contributed by atoms with Crippen molar-refractivity contribution in [2.45, 2.75) is 44.9 Å². The summed E-state index contributed by atoms with van der Waals surface area (Å²) in [7, 11) is 0. The van der Waals surface area contributed by atoms with Gasteiger partial charge in [0.25, 0.3) is 11.8 Å². The van der Waals surface area contributed by atoms with E-state index in [0.717, 1.165) is 12.8 Å². The minimum Gasteiger partial charge on any atom is -0.446 e. The van der Waals surface area contributed by atoms with E-state index in [1.165, 1.54) is 24.3 Å². The lowest BCUT2D eigenvalue weighted by Crippen LogP contribution is -2.46. The third-order valence-corrected chi connectivity index (χ3v) is 5.59. The molecule has 0 heterocycles. The number of esters is 1. The summed E-state index contributed by atoms with van der Waals surface area (Å²) in [5, 5.41) is 5.51. The Morgan fingerprint density at radius 2 is 1.71 bits per heavy atom. The van der Waals surface area contributed by atoms with Crippen molar-refractivity contribution >= 4 is 33.7 Å². The van der Waals surface area contributed by atoms with Gasteiger partial charge in [-0.1, -0.05) is 38.1 Å². The van der Waals surface area contributed by atoms with Gasteiger partial charge in [0.2, 0.25) is 6.10 Å². The van der Waals surface area contributed by atoms with Crippen LogP contribution >= 0.6 is 15.9 Å². The molecule has 0 aromatic heterocycles. The number of ether oxygens (including phenoxy) is 1. The first-order chi connectivity index (χ1) is 14.8. The van der Waals surface area contributed by atoms with Gasteiger partial charge < -0.3 is 15.4 Å². The predicted octanol–water partition coefficient (Wildman–Crippen LogP) is 3.91. The minimum atomic E-state index is -1.24. The molecular weight excluding hydrogens is 467 g/mol. The Kier molecular flexibility index (Phi) is 7.43. The van der Waals surface area contributed by atoms with E-state index < -0.39 is 35.7 Å². The molecule has 2 atom stereocenters. The number of carbonyl (C=O) groups excluding carboxylic acids is 3. The maximum Gasteiger partial charge on any atom is 0.330 e. The number of rotatable bonds is 8.